The van der Waals surface area contributed by atoms with E-state index in [1.807, 2.05) is 30.3 Å². The van der Waals surface area contributed by atoms with Gasteiger partial charge in [0.2, 0.25) is 5.88 Å². The van der Waals surface area contributed by atoms with Crippen molar-refractivity contribution in [3.05, 3.63) is 53.7 Å². The zero-order valence-electron chi connectivity index (χ0n) is 14.4. The minimum Gasteiger partial charge on any atom is -0.474 e. The number of fused-ring (bicyclic) bond motifs is 1. The number of aryl methyl sites for hydroxylation is 1. The van der Waals surface area contributed by atoms with E-state index in [0.717, 1.165) is 36.1 Å². The molecule has 1 aliphatic heterocycles. The topological polar surface area (TPSA) is 68.7 Å². The fourth-order valence-electron chi connectivity index (χ4n) is 3.39. The summed E-state index contributed by atoms with van der Waals surface area (Å²) in [6, 6.07) is 11.0. The Morgan fingerprint density at radius 3 is 2.88 bits per heavy atom. The Kier molecular flexibility index (Phi) is 4.56. The quantitative estimate of drug-likeness (QED) is 0.789. The maximum atomic E-state index is 12.3. The molecule has 4 rings (SSSR count). The number of hydrogen-bond donors (Lipinski definition) is 0. The Hall–Kier alpha value is -2.89. The number of amides is 1. The van der Waals surface area contributed by atoms with Gasteiger partial charge < -0.3 is 9.47 Å². The molecule has 2 aliphatic rings. The molecule has 2 aromatic rings. The number of ketones is 1. The van der Waals surface area contributed by atoms with Crippen LogP contribution in [0, 0.1) is 0 Å². The summed E-state index contributed by atoms with van der Waals surface area (Å²) in [5, 5.41) is 0. The van der Waals surface area contributed by atoms with Gasteiger partial charge in [0.05, 0.1) is 6.54 Å². The molecule has 0 bridgehead atoms. The van der Waals surface area contributed by atoms with E-state index in [0.29, 0.717) is 18.8 Å². The number of anilines is 1. The van der Waals surface area contributed by atoms with Crippen LogP contribution in [0.1, 0.15) is 35.2 Å². The number of cyclic esters (lactones) is 1. The average molecular weight is 352 g/mol. The van der Waals surface area contributed by atoms with Crippen LogP contribution >= 0.6 is 0 Å². The third-order valence-corrected chi connectivity index (χ3v) is 4.73. The van der Waals surface area contributed by atoms with E-state index < -0.39 is 0 Å². The SMILES string of the molecule is O=C1CCCCc2cc(N3CC(COc4ccccn4)OC3=O)ccc21. The van der Waals surface area contributed by atoms with Crippen LogP contribution in [-0.2, 0) is 11.2 Å². The normalized spacial score (nSPS) is 19.7. The molecule has 0 N–H and O–H groups in total. The number of rotatable bonds is 4. The number of nitrogens with zero attached hydrogens (tertiary/aromatic N) is 2. The molecule has 6 heteroatoms. The van der Waals surface area contributed by atoms with Gasteiger partial charge in [0.25, 0.3) is 0 Å². The summed E-state index contributed by atoms with van der Waals surface area (Å²) >= 11 is 0. The molecule has 134 valence electrons. The molecule has 1 saturated heterocycles. The summed E-state index contributed by atoms with van der Waals surface area (Å²) in [4.78, 5) is 30.1. The second-order valence-electron chi connectivity index (χ2n) is 6.57. The summed E-state index contributed by atoms with van der Waals surface area (Å²) in [5.74, 6) is 0.695. The van der Waals surface area contributed by atoms with Gasteiger partial charge in [-0.3, -0.25) is 9.69 Å². The van der Waals surface area contributed by atoms with Crippen LogP contribution in [0.4, 0.5) is 10.5 Å². The number of carbonyl (C=O) groups is 2. The number of hydrogen-bond acceptors (Lipinski definition) is 5. The number of carbonyl (C=O) groups excluding carboxylic acids is 2. The third kappa shape index (κ3) is 3.40. The van der Waals surface area contributed by atoms with Crippen LogP contribution < -0.4 is 9.64 Å². The smallest absolute Gasteiger partial charge is 0.414 e. The second kappa shape index (κ2) is 7.15. The van der Waals surface area contributed by atoms with Crippen molar-refractivity contribution in [3.8, 4) is 5.88 Å². The van der Waals surface area contributed by atoms with E-state index in [9.17, 15) is 9.59 Å². The standard InChI is InChI=1S/C20H20N2O4/c23-18-6-2-1-5-14-11-15(8-9-17(14)18)22-12-16(26-20(22)24)13-25-19-7-3-4-10-21-19/h3-4,7-11,16H,1-2,5-6,12-13H2. The van der Waals surface area contributed by atoms with E-state index in [4.69, 9.17) is 9.47 Å². The molecule has 1 aromatic heterocycles. The Morgan fingerprint density at radius 1 is 1.15 bits per heavy atom. The van der Waals surface area contributed by atoms with Crippen LogP contribution in [0.5, 0.6) is 5.88 Å². The highest BCUT2D eigenvalue weighted by molar-refractivity contribution is 5.99. The Labute approximate surface area is 151 Å². The number of aromatic nitrogens is 1. The lowest BCUT2D eigenvalue weighted by Crippen LogP contribution is -2.26. The molecule has 1 aromatic carbocycles. The lowest BCUT2D eigenvalue weighted by atomic mass is 10.0. The molecule has 26 heavy (non-hydrogen) atoms. The lowest BCUT2D eigenvalue weighted by Gasteiger charge is -2.15. The predicted octanol–water partition coefficient (Wildman–Crippen LogP) is 3.39. The van der Waals surface area contributed by atoms with E-state index in [-0.39, 0.29) is 24.6 Å². The number of benzene rings is 1. The largest absolute Gasteiger partial charge is 0.474 e. The van der Waals surface area contributed by atoms with Gasteiger partial charge in [-0.25, -0.2) is 9.78 Å². The van der Waals surface area contributed by atoms with Crippen LogP contribution in [0.15, 0.2) is 42.6 Å². The maximum absolute atomic E-state index is 12.3. The van der Waals surface area contributed by atoms with Crippen molar-refractivity contribution in [1.29, 1.82) is 0 Å². The highest BCUT2D eigenvalue weighted by atomic mass is 16.6. The minimum atomic E-state index is -0.389. The van der Waals surface area contributed by atoms with Gasteiger partial charge in [0.15, 0.2) is 11.9 Å². The zero-order valence-corrected chi connectivity index (χ0v) is 14.4. The second-order valence-corrected chi connectivity index (χ2v) is 6.57. The Bertz CT molecular complexity index is 822. The molecule has 0 saturated carbocycles. The van der Waals surface area contributed by atoms with Gasteiger partial charge in [0, 0.05) is 29.9 Å². The monoisotopic (exact) mass is 352 g/mol. The number of pyridine rings is 1. The first-order chi connectivity index (χ1) is 12.7. The molecule has 2 heterocycles. The highest BCUT2D eigenvalue weighted by Crippen LogP contribution is 2.28. The van der Waals surface area contributed by atoms with Crippen LogP contribution in [0.25, 0.3) is 0 Å². The molecule has 1 unspecified atom stereocenters. The fraction of sp³-hybridized carbons (Fsp3) is 0.350. The van der Waals surface area contributed by atoms with Crippen molar-refractivity contribution < 1.29 is 19.1 Å². The van der Waals surface area contributed by atoms with E-state index in [1.165, 1.54) is 0 Å². The third-order valence-electron chi connectivity index (χ3n) is 4.73. The van der Waals surface area contributed by atoms with Crippen LogP contribution in [0.2, 0.25) is 0 Å². The van der Waals surface area contributed by atoms with Crippen molar-refractivity contribution in [2.24, 2.45) is 0 Å². The van der Waals surface area contributed by atoms with Crippen LogP contribution in [0.3, 0.4) is 0 Å². The van der Waals surface area contributed by atoms with Gasteiger partial charge in [0.1, 0.15) is 6.61 Å². The summed E-state index contributed by atoms with van der Waals surface area (Å²) < 4.78 is 11.0. The molecule has 1 aliphatic carbocycles. The highest BCUT2D eigenvalue weighted by Gasteiger charge is 2.33. The van der Waals surface area contributed by atoms with Crippen molar-refractivity contribution >= 4 is 17.6 Å². The van der Waals surface area contributed by atoms with Crippen molar-refractivity contribution in [2.45, 2.75) is 31.8 Å². The van der Waals surface area contributed by atoms with Gasteiger partial charge in [-0.15, -0.1) is 0 Å². The summed E-state index contributed by atoms with van der Waals surface area (Å²) in [7, 11) is 0. The number of Topliss-reactive ketones (excluding diaryl/α,β-unsaturated/α-hetero) is 1. The first-order valence-corrected chi connectivity index (χ1v) is 8.89. The van der Waals surface area contributed by atoms with Gasteiger partial charge in [-0.2, -0.15) is 0 Å². The van der Waals surface area contributed by atoms with Crippen molar-refractivity contribution in [2.75, 3.05) is 18.1 Å². The minimum absolute atomic E-state index is 0.190. The zero-order chi connectivity index (χ0) is 17.9. The van der Waals surface area contributed by atoms with Gasteiger partial charge in [-0.1, -0.05) is 6.07 Å². The Balaban J connectivity index is 1.45. The lowest BCUT2D eigenvalue weighted by molar-refractivity contribution is 0.0981. The molecule has 1 fully saturated rings. The van der Waals surface area contributed by atoms with E-state index in [1.54, 1.807) is 17.2 Å². The van der Waals surface area contributed by atoms with Crippen molar-refractivity contribution in [1.82, 2.24) is 4.98 Å². The maximum Gasteiger partial charge on any atom is 0.414 e. The molecule has 0 radical (unpaired) electrons. The first-order valence-electron chi connectivity index (χ1n) is 8.89. The summed E-state index contributed by atoms with van der Waals surface area (Å²) in [6.45, 7) is 0.668. The average Bonchev–Trinajstić information content (AvgIpc) is 2.94. The van der Waals surface area contributed by atoms with Gasteiger partial charge >= 0.3 is 6.09 Å². The fourth-order valence-corrected chi connectivity index (χ4v) is 3.39. The summed E-state index contributed by atoms with van der Waals surface area (Å²) in [5.41, 5.74) is 2.57. The van der Waals surface area contributed by atoms with E-state index >= 15 is 0 Å². The first kappa shape index (κ1) is 16.6. The molecular formula is C20H20N2O4. The number of ether oxygens (including phenoxy) is 2. The summed E-state index contributed by atoms with van der Waals surface area (Å²) in [6.07, 6.45) is 4.28. The van der Waals surface area contributed by atoms with Crippen molar-refractivity contribution in [3.63, 3.8) is 0 Å². The Morgan fingerprint density at radius 2 is 2.04 bits per heavy atom. The molecule has 1 atom stereocenters. The molecule has 1 amide bonds. The predicted molar refractivity (Wildman–Crippen MR) is 95.7 cm³/mol. The molecule has 0 spiro atoms. The van der Waals surface area contributed by atoms with E-state index in [2.05, 4.69) is 4.98 Å². The molecular weight excluding hydrogens is 332 g/mol. The van der Waals surface area contributed by atoms with Gasteiger partial charge in [-0.05, 0) is 49.1 Å². The van der Waals surface area contributed by atoms with Crippen LogP contribution in [-0.4, -0.2) is 36.1 Å². The molecule has 6 nitrogen and oxygen atoms in total.